The first kappa shape index (κ1) is 14.8. The third-order valence-corrected chi connectivity index (χ3v) is 3.06. The van der Waals surface area contributed by atoms with E-state index >= 15 is 0 Å². The first-order valence-corrected chi connectivity index (χ1v) is 6.32. The predicted molar refractivity (Wildman–Crippen MR) is 78.1 cm³/mol. The lowest BCUT2D eigenvalue weighted by Crippen LogP contribution is -2.05. The lowest BCUT2D eigenvalue weighted by atomic mass is 10.1. The molecule has 0 spiro atoms. The van der Waals surface area contributed by atoms with Crippen molar-refractivity contribution < 1.29 is 14.1 Å². The van der Waals surface area contributed by atoms with Crippen LogP contribution in [0.15, 0.2) is 36.4 Å². The molecule has 110 valence electrons. The summed E-state index contributed by atoms with van der Waals surface area (Å²) in [7, 11) is 1.55. The smallest absolute Gasteiger partial charge is 0.292 e. The number of halogens is 1. The maximum atomic E-state index is 13.3. The van der Waals surface area contributed by atoms with Gasteiger partial charge >= 0.3 is 0 Å². The fraction of sp³-hybridized carbons (Fsp3) is 0.200. The monoisotopic (exact) mass is 290 g/mol. The van der Waals surface area contributed by atoms with Gasteiger partial charge in [0.1, 0.15) is 17.3 Å². The molecular formula is C15H15FN2O3. The largest absolute Gasteiger partial charge is 0.496 e. The average molecular weight is 290 g/mol. The molecular weight excluding hydrogens is 275 g/mol. The van der Waals surface area contributed by atoms with Crippen molar-refractivity contribution in [2.75, 3.05) is 12.4 Å². The molecule has 0 amide bonds. The molecule has 2 aromatic carbocycles. The molecule has 0 fully saturated rings. The molecule has 6 heteroatoms. The normalized spacial score (nSPS) is 10.2. The van der Waals surface area contributed by atoms with Crippen molar-refractivity contribution in [1.82, 2.24) is 0 Å². The number of aryl methyl sites for hydroxylation is 1. The first-order valence-electron chi connectivity index (χ1n) is 6.32. The zero-order chi connectivity index (χ0) is 15.4. The summed E-state index contributed by atoms with van der Waals surface area (Å²) in [6.45, 7) is 2.24. The molecule has 0 aliphatic rings. The van der Waals surface area contributed by atoms with E-state index in [0.29, 0.717) is 12.3 Å². The molecule has 0 saturated carbocycles. The van der Waals surface area contributed by atoms with Gasteiger partial charge in [-0.2, -0.15) is 0 Å². The Morgan fingerprint density at radius 2 is 2.05 bits per heavy atom. The average Bonchev–Trinajstić information content (AvgIpc) is 2.45. The number of benzene rings is 2. The van der Waals surface area contributed by atoms with Crippen LogP contribution in [0.1, 0.15) is 11.1 Å². The topological polar surface area (TPSA) is 64.4 Å². The van der Waals surface area contributed by atoms with E-state index < -0.39 is 10.7 Å². The number of nitro benzene ring substituents is 1. The lowest BCUT2D eigenvalue weighted by molar-refractivity contribution is -0.384. The minimum atomic E-state index is -0.546. The fourth-order valence-electron chi connectivity index (χ4n) is 2.05. The summed E-state index contributed by atoms with van der Waals surface area (Å²) < 4.78 is 18.5. The second-order valence-corrected chi connectivity index (χ2v) is 4.59. The van der Waals surface area contributed by atoms with Gasteiger partial charge in [0.15, 0.2) is 0 Å². The number of methoxy groups -OCH3 is 1. The van der Waals surface area contributed by atoms with Crippen LogP contribution in [0, 0.1) is 22.9 Å². The van der Waals surface area contributed by atoms with Gasteiger partial charge in [0.05, 0.1) is 12.0 Å². The Bertz CT molecular complexity index is 674. The molecule has 2 rings (SSSR count). The molecule has 0 radical (unpaired) electrons. The van der Waals surface area contributed by atoms with Crippen LogP contribution in [0.25, 0.3) is 0 Å². The van der Waals surface area contributed by atoms with Crippen LogP contribution in [0.3, 0.4) is 0 Å². The van der Waals surface area contributed by atoms with E-state index in [-0.39, 0.29) is 11.4 Å². The highest BCUT2D eigenvalue weighted by Gasteiger charge is 2.14. The SMILES string of the molecule is COc1ccc(C)cc1CNc1cc(F)ccc1[N+](=O)[O-]. The van der Waals surface area contributed by atoms with E-state index in [0.717, 1.165) is 29.3 Å². The van der Waals surface area contributed by atoms with Crippen molar-refractivity contribution in [1.29, 1.82) is 0 Å². The van der Waals surface area contributed by atoms with Crippen molar-refractivity contribution in [3.8, 4) is 5.75 Å². The van der Waals surface area contributed by atoms with Gasteiger partial charge in [0, 0.05) is 24.2 Å². The van der Waals surface area contributed by atoms with Crippen LogP contribution in [0.4, 0.5) is 15.8 Å². The fourth-order valence-corrected chi connectivity index (χ4v) is 2.05. The summed E-state index contributed by atoms with van der Waals surface area (Å²) in [5, 5.41) is 13.8. The standard InChI is InChI=1S/C15H15FN2O3/c1-10-3-6-15(21-2)11(7-10)9-17-13-8-12(16)4-5-14(13)18(19)20/h3-8,17H,9H2,1-2H3. The number of nitrogens with zero attached hydrogens (tertiary/aromatic N) is 1. The van der Waals surface area contributed by atoms with Gasteiger partial charge in [0.25, 0.3) is 5.69 Å². The first-order chi connectivity index (χ1) is 10.0. The zero-order valence-corrected chi connectivity index (χ0v) is 11.7. The summed E-state index contributed by atoms with van der Waals surface area (Å²) >= 11 is 0. The number of hydrogen-bond acceptors (Lipinski definition) is 4. The molecule has 2 aromatic rings. The Balaban J connectivity index is 2.26. The number of ether oxygens (including phenoxy) is 1. The summed E-state index contributed by atoms with van der Waals surface area (Å²) in [6, 6.07) is 8.97. The maximum Gasteiger partial charge on any atom is 0.292 e. The molecule has 1 N–H and O–H groups in total. The maximum absolute atomic E-state index is 13.3. The molecule has 0 saturated heterocycles. The van der Waals surface area contributed by atoms with Crippen molar-refractivity contribution in [2.24, 2.45) is 0 Å². The molecule has 0 aromatic heterocycles. The van der Waals surface area contributed by atoms with Gasteiger partial charge in [-0.25, -0.2) is 4.39 Å². The zero-order valence-electron chi connectivity index (χ0n) is 11.7. The minimum absolute atomic E-state index is 0.142. The van der Waals surface area contributed by atoms with Gasteiger partial charge in [-0.05, 0) is 19.1 Å². The van der Waals surface area contributed by atoms with E-state index in [1.165, 1.54) is 0 Å². The summed E-state index contributed by atoms with van der Waals surface area (Å²) in [4.78, 5) is 10.4. The lowest BCUT2D eigenvalue weighted by Gasteiger charge is -2.11. The minimum Gasteiger partial charge on any atom is -0.496 e. The molecule has 0 heterocycles. The van der Waals surface area contributed by atoms with Gasteiger partial charge in [0.2, 0.25) is 0 Å². The van der Waals surface area contributed by atoms with Crippen LogP contribution in [-0.4, -0.2) is 12.0 Å². The van der Waals surface area contributed by atoms with Gasteiger partial charge in [-0.1, -0.05) is 17.7 Å². The van der Waals surface area contributed by atoms with E-state index in [1.54, 1.807) is 7.11 Å². The van der Waals surface area contributed by atoms with E-state index in [4.69, 9.17) is 4.74 Å². The second kappa shape index (κ2) is 6.21. The molecule has 0 bridgehead atoms. The van der Waals surface area contributed by atoms with Crippen LogP contribution >= 0.6 is 0 Å². The number of rotatable bonds is 5. The highest BCUT2D eigenvalue weighted by molar-refractivity contribution is 5.61. The van der Waals surface area contributed by atoms with Crippen molar-refractivity contribution >= 4 is 11.4 Å². The molecule has 21 heavy (non-hydrogen) atoms. The Hall–Kier alpha value is -2.63. The Kier molecular flexibility index (Phi) is 4.37. The molecule has 5 nitrogen and oxygen atoms in total. The van der Waals surface area contributed by atoms with Crippen molar-refractivity contribution in [3.05, 3.63) is 63.5 Å². The van der Waals surface area contributed by atoms with Gasteiger partial charge in [-0.3, -0.25) is 10.1 Å². The predicted octanol–water partition coefficient (Wildman–Crippen LogP) is 3.66. The van der Waals surface area contributed by atoms with Crippen LogP contribution in [-0.2, 0) is 6.54 Å². The quantitative estimate of drug-likeness (QED) is 0.674. The van der Waals surface area contributed by atoms with Crippen molar-refractivity contribution in [3.63, 3.8) is 0 Å². The molecule has 0 aliphatic carbocycles. The van der Waals surface area contributed by atoms with Gasteiger partial charge in [-0.15, -0.1) is 0 Å². The molecule has 0 atom stereocenters. The third kappa shape index (κ3) is 3.47. The van der Waals surface area contributed by atoms with E-state index in [1.807, 2.05) is 25.1 Å². The highest BCUT2D eigenvalue weighted by atomic mass is 19.1. The van der Waals surface area contributed by atoms with Gasteiger partial charge < -0.3 is 10.1 Å². The number of hydrogen-bond donors (Lipinski definition) is 1. The van der Waals surface area contributed by atoms with E-state index in [2.05, 4.69) is 5.32 Å². The number of nitro groups is 1. The molecule has 0 unspecified atom stereocenters. The van der Waals surface area contributed by atoms with Crippen LogP contribution < -0.4 is 10.1 Å². The number of nitrogens with one attached hydrogen (secondary N) is 1. The third-order valence-electron chi connectivity index (χ3n) is 3.06. The molecule has 0 aliphatic heterocycles. The second-order valence-electron chi connectivity index (χ2n) is 4.59. The summed E-state index contributed by atoms with van der Waals surface area (Å²) in [6.07, 6.45) is 0. The summed E-state index contributed by atoms with van der Waals surface area (Å²) in [5.74, 6) is 0.145. The van der Waals surface area contributed by atoms with Crippen LogP contribution in [0.2, 0.25) is 0 Å². The Morgan fingerprint density at radius 1 is 1.29 bits per heavy atom. The van der Waals surface area contributed by atoms with Crippen LogP contribution in [0.5, 0.6) is 5.75 Å². The van der Waals surface area contributed by atoms with Crippen molar-refractivity contribution in [2.45, 2.75) is 13.5 Å². The number of anilines is 1. The Labute approximate surface area is 121 Å². The summed E-state index contributed by atoms with van der Waals surface area (Å²) in [5.41, 5.74) is 1.86. The van der Waals surface area contributed by atoms with E-state index in [9.17, 15) is 14.5 Å². The Morgan fingerprint density at radius 3 is 2.71 bits per heavy atom. The highest BCUT2D eigenvalue weighted by Crippen LogP contribution is 2.27.